The number of aldehydes is 1. The molecular formula is C39H52O6. The van der Waals surface area contributed by atoms with Crippen LogP contribution in [0.2, 0.25) is 0 Å². The van der Waals surface area contributed by atoms with Crippen molar-refractivity contribution in [2.24, 2.45) is 11.8 Å². The largest absolute Gasteiger partial charge is 0.462 e. The maximum atomic E-state index is 12.3. The van der Waals surface area contributed by atoms with Gasteiger partial charge in [0.1, 0.15) is 0 Å². The Hall–Kier alpha value is -3.51. The molecule has 45 heavy (non-hydrogen) atoms. The van der Waals surface area contributed by atoms with Crippen molar-refractivity contribution < 1.29 is 28.6 Å². The van der Waals surface area contributed by atoms with Crippen LogP contribution in [0.4, 0.5) is 0 Å². The van der Waals surface area contributed by atoms with Crippen LogP contribution in [0.5, 0.6) is 0 Å². The van der Waals surface area contributed by atoms with Crippen LogP contribution >= 0.6 is 0 Å². The summed E-state index contributed by atoms with van der Waals surface area (Å²) in [5, 5.41) is 0. The second kappa shape index (κ2) is 19.1. The summed E-state index contributed by atoms with van der Waals surface area (Å²) in [7, 11) is 1.48. The molecule has 6 nitrogen and oxygen atoms in total. The summed E-state index contributed by atoms with van der Waals surface area (Å²) in [4.78, 5) is 35.2. The molecule has 0 aliphatic heterocycles. The zero-order valence-corrected chi connectivity index (χ0v) is 27.6. The van der Waals surface area contributed by atoms with Crippen molar-refractivity contribution in [3.8, 4) is 11.1 Å². The van der Waals surface area contributed by atoms with Crippen LogP contribution in [0.15, 0.2) is 66.8 Å². The Morgan fingerprint density at radius 1 is 0.933 bits per heavy atom. The van der Waals surface area contributed by atoms with Crippen LogP contribution in [-0.2, 0) is 41.4 Å². The van der Waals surface area contributed by atoms with Gasteiger partial charge in [-0.3, -0.25) is 4.79 Å². The fraction of sp³-hybridized carbons (Fsp3) is 0.513. The lowest BCUT2D eigenvalue weighted by Crippen LogP contribution is -2.23. The van der Waals surface area contributed by atoms with Crippen molar-refractivity contribution in [1.29, 1.82) is 0 Å². The molecule has 0 heterocycles. The zero-order chi connectivity index (χ0) is 32.6. The summed E-state index contributed by atoms with van der Waals surface area (Å²) in [5.41, 5.74) is 6.35. The van der Waals surface area contributed by atoms with E-state index in [0.717, 1.165) is 17.9 Å². The van der Waals surface area contributed by atoms with Gasteiger partial charge in [-0.25, -0.2) is 9.59 Å². The van der Waals surface area contributed by atoms with Crippen molar-refractivity contribution in [2.75, 3.05) is 26.9 Å². The predicted octanol–water partition coefficient (Wildman–Crippen LogP) is 8.36. The number of benzene rings is 2. The molecule has 1 aliphatic carbocycles. The van der Waals surface area contributed by atoms with Crippen molar-refractivity contribution in [3.05, 3.63) is 83.5 Å². The van der Waals surface area contributed by atoms with E-state index in [2.05, 4.69) is 69.5 Å². The van der Waals surface area contributed by atoms with E-state index in [1.807, 2.05) is 0 Å². The van der Waals surface area contributed by atoms with Crippen LogP contribution < -0.4 is 0 Å². The Kier molecular flexibility index (Phi) is 15.3. The average molecular weight is 617 g/mol. The van der Waals surface area contributed by atoms with Gasteiger partial charge in [0.15, 0.2) is 6.29 Å². The third-order valence-corrected chi connectivity index (χ3v) is 9.06. The minimum Gasteiger partial charge on any atom is -0.462 e. The lowest BCUT2D eigenvalue weighted by Gasteiger charge is -2.29. The number of unbranched alkanes of at least 4 members (excludes halogenated alkanes) is 2. The maximum Gasteiger partial charge on any atom is 0.340 e. The molecule has 1 atom stereocenters. The molecule has 6 heteroatoms. The molecule has 0 N–H and O–H groups in total. The first-order valence-corrected chi connectivity index (χ1v) is 16.7. The van der Waals surface area contributed by atoms with Gasteiger partial charge in [-0.05, 0) is 84.6 Å². The van der Waals surface area contributed by atoms with E-state index < -0.39 is 11.9 Å². The number of esters is 2. The number of hydrogen-bond acceptors (Lipinski definition) is 6. The van der Waals surface area contributed by atoms with E-state index in [1.54, 1.807) is 0 Å². The molecule has 1 aliphatic rings. The van der Waals surface area contributed by atoms with E-state index in [1.165, 1.54) is 80.7 Å². The van der Waals surface area contributed by atoms with Gasteiger partial charge in [0.05, 0.1) is 31.0 Å². The van der Waals surface area contributed by atoms with E-state index in [9.17, 15) is 14.4 Å². The van der Waals surface area contributed by atoms with Gasteiger partial charge in [-0.1, -0.05) is 95.2 Å². The van der Waals surface area contributed by atoms with Crippen molar-refractivity contribution >= 4 is 18.2 Å². The Bertz CT molecular complexity index is 1270. The molecule has 3 rings (SSSR count). The first-order chi connectivity index (χ1) is 21.8. The fourth-order valence-corrected chi connectivity index (χ4v) is 6.23. The predicted molar refractivity (Wildman–Crippen MR) is 180 cm³/mol. The van der Waals surface area contributed by atoms with Gasteiger partial charge >= 0.3 is 11.9 Å². The molecule has 0 saturated heterocycles. The van der Waals surface area contributed by atoms with Gasteiger partial charge in [-0.15, -0.1) is 0 Å². The van der Waals surface area contributed by atoms with E-state index >= 15 is 0 Å². The highest BCUT2D eigenvalue weighted by molar-refractivity contribution is 6.06. The molecule has 1 fully saturated rings. The number of methoxy groups -OCH3 is 1. The van der Waals surface area contributed by atoms with Crippen LogP contribution in [0.1, 0.15) is 94.2 Å². The standard InChI is InChI=1S/C39H52O6/c1-6-8-9-10-30-13-16-34(17-14-30)35-18-20-36(21-19-35)37-22-15-31(23-33(37)7-2)11-12-32(26-44-38(41)28(3)24-40)27-45-39(42)29(4)25-43-5/h15,18-24,30,32,34H,3-4,6-14,16-17,25-27H2,1-2,5H3. The van der Waals surface area contributed by atoms with Crippen LogP contribution in [0.3, 0.4) is 0 Å². The molecule has 244 valence electrons. The molecule has 0 radical (unpaired) electrons. The fourth-order valence-electron chi connectivity index (χ4n) is 6.23. The molecule has 0 aromatic heterocycles. The second-order valence-electron chi connectivity index (χ2n) is 12.5. The lowest BCUT2D eigenvalue weighted by atomic mass is 9.77. The second-order valence-corrected chi connectivity index (χ2v) is 12.5. The zero-order valence-electron chi connectivity index (χ0n) is 27.6. The third-order valence-electron chi connectivity index (χ3n) is 9.06. The number of carbonyl (C=O) groups is 3. The van der Waals surface area contributed by atoms with Gasteiger partial charge in [0.2, 0.25) is 0 Å². The Morgan fingerprint density at radius 2 is 1.62 bits per heavy atom. The van der Waals surface area contributed by atoms with Crippen molar-refractivity contribution in [3.63, 3.8) is 0 Å². The highest BCUT2D eigenvalue weighted by atomic mass is 16.5. The molecule has 1 unspecified atom stereocenters. The molecule has 0 bridgehead atoms. The van der Waals surface area contributed by atoms with Gasteiger partial charge in [0, 0.05) is 13.0 Å². The minimum atomic E-state index is -0.774. The molecule has 0 amide bonds. The summed E-state index contributed by atoms with van der Waals surface area (Å²) in [6, 6.07) is 15.8. The van der Waals surface area contributed by atoms with Gasteiger partial charge in [-0.2, -0.15) is 0 Å². The number of carbonyl (C=O) groups excluding carboxylic acids is 3. The molecule has 0 spiro atoms. The van der Waals surface area contributed by atoms with Crippen molar-refractivity contribution in [2.45, 2.75) is 90.4 Å². The van der Waals surface area contributed by atoms with Crippen LogP contribution in [0.25, 0.3) is 11.1 Å². The first kappa shape index (κ1) is 36.0. The number of rotatable bonds is 19. The quantitative estimate of drug-likeness (QED) is 0.0394. The number of ether oxygens (including phenoxy) is 3. The maximum absolute atomic E-state index is 12.3. The normalized spacial score (nSPS) is 16.9. The summed E-state index contributed by atoms with van der Waals surface area (Å²) < 4.78 is 15.7. The summed E-state index contributed by atoms with van der Waals surface area (Å²) >= 11 is 0. The number of hydrogen-bond donors (Lipinski definition) is 0. The van der Waals surface area contributed by atoms with E-state index in [-0.39, 0.29) is 36.9 Å². The van der Waals surface area contributed by atoms with Gasteiger partial charge < -0.3 is 14.2 Å². The van der Waals surface area contributed by atoms with E-state index in [4.69, 9.17) is 14.2 Å². The molecule has 1 saturated carbocycles. The monoisotopic (exact) mass is 616 g/mol. The third kappa shape index (κ3) is 11.4. The highest BCUT2D eigenvalue weighted by Gasteiger charge is 2.22. The summed E-state index contributed by atoms with van der Waals surface area (Å²) in [5.74, 6) is 0.00128. The Morgan fingerprint density at radius 3 is 2.24 bits per heavy atom. The number of aryl methyl sites for hydroxylation is 2. The van der Waals surface area contributed by atoms with Crippen LogP contribution in [0, 0.1) is 11.8 Å². The van der Waals surface area contributed by atoms with Crippen LogP contribution in [-0.4, -0.2) is 45.2 Å². The highest BCUT2D eigenvalue weighted by Crippen LogP contribution is 2.38. The average Bonchev–Trinajstić information content (AvgIpc) is 3.07. The Balaban J connectivity index is 1.62. The first-order valence-electron chi connectivity index (χ1n) is 16.7. The Labute approximate surface area is 270 Å². The molecule has 2 aromatic carbocycles. The van der Waals surface area contributed by atoms with Crippen molar-refractivity contribution in [1.82, 2.24) is 0 Å². The minimum absolute atomic E-state index is 0.00129. The lowest BCUT2D eigenvalue weighted by molar-refractivity contribution is -0.144. The summed E-state index contributed by atoms with van der Waals surface area (Å²) in [6.45, 7) is 11.7. The summed E-state index contributed by atoms with van der Waals surface area (Å²) in [6.07, 6.45) is 13.4. The van der Waals surface area contributed by atoms with E-state index in [0.29, 0.717) is 25.0 Å². The SMILES string of the molecule is C=C(C=O)C(=O)OCC(CCc1ccc(-c2ccc(C3CCC(CCCCC)CC3)cc2)c(CC)c1)COC(=O)C(=C)COC. The molecule has 2 aromatic rings. The topological polar surface area (TPSA) is 78.9 Å². The van der Waals surface area contributed by atoms with Gasteiger partial charge in [0.25, 0.3) is 0 Å². The smallest absolute Gasteiger partial charge is 0.340 e. The molecular weight excluding hydrogens is 564 g/mol.